The van der Waals surface area contributed by atoms with Crippen molar-refractivity contribution in [2.45, 2.75) is 25.8 Å². The van der Waals surface area contributed by atoms with Gasteiger partial charge in [-0.3, -0.25) is 0 Å². The summed E-state index contributed by atoms with van der Waals surface area (Å²) >= 11 is 1.62. The molecule has 21 heavy (non-hydrogen) atoms. The molecular weight excluding hydrogens is 284 g/mol. The zero-order chi connectivity index (χ0) is 14.7. The Morgan fingerprint density at radius 3 is 2.76 bits per heavy atom. The molecule has 0 bridgehead atoms. The molecule has 5 nitrogen and oxygen atoms in total. The second-order valence-electron chi connectivity index (χ2n) is 4.88. The first-order chi connectivity index (χ1) is 10.2. The van der Waals surface area contributed by atoms with E-state index in [-0.39, 0.29) is 6.04 Å². The Labute approximate surface area is 126 Å². The van der Waals surface area contributed by atoms with Crippen LogP contribution in [0.15, 0.2) is 40.2 Å². The Morgan fingerprint density at radius 1 is 1.24 bits per heavy atom. The molecule has 0 fully saturated rings. The Morgan fingerprint density at radius 2 is 2.05 bits per heavy atom. The minimum Gasteiger partial charge on any atom is -0.338 e. The van der Waals surface area contributed by atoms with Crippen molar-refractivity contribution in [1.29, 1.82) is 0 Å². The fraction of sp³-hybridized carbons (Fsp3) is 0.267. The molecule has 0 aliphatic carbocycles. The molecule has 2 heterocycles. The molecule has 1 atom stereocenters. The second-order valence-corrected chi connectivity index (χ2v) is 5.94. The van der Waals surface area contributed by atoms with Gasteiger partial charge in [-0.2, -0.15) is 4.98 Å². The zero-order valence-electron chi connectivity index (χ0n) is 11.7. The highest BCUT2D eigenvalue weighted by Crippen LogP contribution is 2.16. The maximum atomic E-state index is 6.13. The molecule has 2 N–H and O–H groups in total. The van der Waals surface area contributed by atoms with Crippen LogP contribution in [0, 0.1) is 6.92 Å². The molecule has 0 radical (unpaired) electrons. The van der Waals surface area contributed by atoms with Crippen LogP contribution >= 0.6 is 11.3 Å². The van der Waals surface area contributed by atoms with Gasteiger partial charge in [-0.25, -0.2) is 4.98 Å². The van der Waals surface area contributed by atoms with Crippen LogP contribution in [0.5, 0.6) is 0 Å². The van der Waals surface area contributed by atoms with Gasteiger partial charge in [-0.05, 0) is 18.9 Å². The maximum Gasteiger partial charge on any atom is 0.243 e. The van der Waals surface area contributed by atoms with Crippen molar-refractivity contribution in [2.24, 2.45) is 5.73 Å². The second kappa shape index (κ2) is 6.15. The summed E-state index contributed by atoms with van der Waals surface area (Å²) in [5.74, 6) is 1.10. The lowest BCUT2D eigenvalue weighted by molar-refractivity contribution is 0.350. The van der Waals surface area contributed by atoms with Crippen molar-refractivity contribution in [3.63, 3.8) is 0 Å². The van der Waals surface area contributed by atoms with E-state index < -0.39 is 0 Å². The van der Waals surface area contributed by atoms with Crippen LogP contribution in [-0.2, 0) is 12.8 Å². The summed E-state index contributed by atoms with van der Waals surface area (Å²) in [5, 5.41) is 7.03. The fourth-order valence-electron chi connectivity index (χ4n) is 2.10. The maximum absolute atomic E-state index is 6.13. The highest BCUT2D eigenvalue weighted by molar-refractivity contribution is 7.09. The van der Waals surface area contributed by atoms with Crippen LogP contribution in [0.1, 0.15) is 34.0 Å². The number of benzene rings is 1. The SMILES string of the molecule is Cc1nc(Cc2noc(C(N)Cc3ccccc3)n2)cs1. The minimum absolute atomic E-state index is 0.286. The summed E-state index contributed by atoms with van der Waals surface area (Å²) in [7, 11) is 0. The van der Waals surface area contributed by atoms with E-state index in [4.69, 9.17) is 10.3 Å². The third-order valence-corrected chi connectivity index (χ3v) is 3.93. The van der Waals surface area contributed by atoms with E-state index in [2.05, 4.69) is 15.1 Å². The van der Waals surface area contributed by atoms with Gasteiger partial charge in [0.05, 0.1) is 23.2 Å². The van der Waals surface area contributed by atoms with E-state index in [9.17, 15) is 0 Å². The van der Waals surface area contributed by atoms with Crippen LogP contribution in [0.4, 0.5) is 0 Å². The molecule has 0 spiro atoms. The lowest BCUT2D eigenvalue weighted by Gasteiger charge is -2.05. The van der Waals surface area contributed by atoms with Crippen LogP contribution in [-0.4, -0.2) is 15.1 Å². The lowest BCUT2D eigenvalue weighted by Crippen LogP contribution is -2.13. The third kappa shape index (κ3) is 3.53. The molecule has 0 amide bonds. The summed E-state index contributed by atoms with van der Waals surface area (Å²) in [6, 6.07) is 9.75. The average molecular weight is 300 g/mol. The molecule has 3 rings (SSSR count). The van der Waals surface area contributed by atoms with Gasteiger partial charge in [-0.15, -0.1) is 11.3 Å². The van der Waals surface area contributed by atoms with Gasteiger partial charge in [-0.1, -0.05) is 35.5 Å². The van der Waals surface area contributed by atoms with Crippen molar-refractivity contribution in [3.8, 4) is 0 Å². The van der Waals surface area contributed by atoms with Crippen LogP contribution in [0.3, 0.4) is 0 Å². The van der Waals surface area contributed by atoms with Gasteiger partial charge >= 0.3 is 0 Å². The van der Waals surface area contributed by atoms with E-state index in [1.807, 2.05) is 42.6 Å². The topological polar surface area (TPSA) is 77.8 Å². The molecular formula is C15H16N4OS. The number of nitrogens with zero attached hydrogens (tertiary/aromatic N) is 3. The molecule has 108 valence electrons. The molecule has 0 saturated heterocycles. The number of aryl methyl sites for hydroxylation is 1. The lowest BCUT2D eigenvalue weighted by atomic mass is 10.1. The predicted octanol–water partition coefficient (Wildman–Crippen LogP) is 2.67. The van der Waals surface area contributed by atoms with Gasteiger partial charge in [0, 0.05) is 5.38 Å². The summed E-state index contributed by atoms with van der Waals surface area (Å²) in [5.41, 5.74) is 8.24. The van der Waals surface area contributed by atoms with Gasteiger partial charge in [0.15, 0.2) is 5.82 Å². The normalized spacial score (nSPS) is 12.5. The molecule has 1 unspecified atom stereocenters. The number of hydrogen-bond acceptors (Lipinski definition) is 6. The smallest absolute Gasteiger partial charge is 0.243 e. The van der Waals surface area contributed by atoms with Crippen molar-refractivity contribution in [1.82, 2.24) is 15.1 Å². The van der Waals surface area contributed by atoms with Crippen LogP contribution in [0.2, 0.25) is 0 Å². The molecule has 2 aromatic heterocycles. The molecule has 3 aromatic rings. The molecule has 0 saturated carbocycles. The Kier molecular flexibility index (Phi) is 4.08. The first-order valence-electron chi connectivity index (χ1n) is 6.73. The summed E-state index contributed by atoms with van der Waals surface area (Å²) in [6.45, 7) is 1.98. The van der Waals surface area contributed by atoms with E-state index >= 15 is 0 Å². The standard InChI is InChI=1S/C15H16N4OS/c1-10-17-12(9-21-10)8-14-18-15(20-19-14)13(16)7-11-5-3-2-4-6-11/h2-6,9,13H,7-8,16H2,1H3. The molecule has 0 aliphatic heterocycles. The Hall–Kier alpha value is -2.05. The molecule has 1 aromatic carbocycles. The van der Waals surface area contributed by atoms with E-state index in [1.165, 1.54) is 0 Å². The van der Waals surface area contributed by atoms with Crippen LogP contribution < -0.4 is 5.73 Å². The van der Waals surface area contributed by atoms with E-state index in [0.717, 1.165) is 16.3 Å². The summed E-state index contributed by atoms with van der Waals surface area (Å²) in [4.78, 5) is 8.77. The van der Waals surface area contributed by atoms with Crippen LogP contribution in [0.25, 0.3) is 0 Å². The Bertz CT molecular complexity index is 707. The van der Waals surface area contributed by atoms with Crippen molar-refractivity contribution < 1.29 is 4.52 Å². The van der Waals surface area contributed by atoms with E-state index in [1.54, 1.807) is 11.3 Å². The highest BCUT2D eigenvalue weighted by Gasteiger charge is 2.16. The first kappa shape index (κ1) is 13.9. The number of rotatable bonds is 5. The number of nitrogens with two attached hydrogens (primary N) is 1. The predicted molar refractivity (Wildman–Crippen MR) is 81.0 cm³/mol. The zero-order valence-corrected chi connectivity index (χ0v) is 12.5. The largest absolute Gasteiger partial charge is 0.338 e. The monoisotopic (exact) mass is 300 g/mol. The number of hydrogen-bond donors (Lipinski definition) is 1. The van der Waals surface area contributed by atoms with Gasteiger partial charge in [0.25, 0.3) is 0 Å². The Balaban J connectivity index is 1.66. The summed E-state index contributed by atoms with van der Waals surface area (Å²) < 4.78 is 5.27. The van der Waals surface area contributed by atoms with Gasteiger partial charge < -0.3 is 10.3 Å². The average Bonchev–Trinajstić information content (AvgIpc) is 3.10. The minimum atomic E-state index is -0.286. The number of thiazole rings is 1. The van der Waals surface area contributed by atoms with E-state index in [0.29, 0.717) is 24.6 Å². The van der Waals surface area contributed by atoms with Crippen molar-refractivity contribution in [2.75, 3.05) is 0 Å². The highest BCUT2D eigenvalue weighted by atomic mass is 32.1. The third-order valence-electron chi connectivity index (χ3n) is 3.11. The van der Waals surface area contributed by atoms with Crippen molar-refractivity contribution in [3.05, 3.63) is 63.7 Å². The molecule has 0 aliphatic rings. The number of aromatic nitrogens is 3. The molecule has 6 heteroatoms. The first-order valence-corrected chi connectivity index (χ1v) is 7.61. The van der Waals surface area contributed by atoms with Crippen molar-refractivity contribution >= 4 is 11.3 Å². The van der Waals surface area contributed by atoms with Gasteiger partial charge in [0.2, 0.25) is 5.89 Å². The fourth-order valence-corrected chi connectivity index (χ4v) is 2.71. The van der Waals surface area contributed by atoms with Gasteiger partial charge in [0.1, 0.15) is 0 Å². The quantitative estimate of drug-likeness (QED) is 0.783. The summed E-state index contributed by atoms with van der Waals surface area (Å²) in [6.07, 6.45) is 1.25.